The zero-order valence-electron chi connectivity index (χ0n) is 12.6. The van der Waals surface area contributed by atoms with E-state index >= 15 is 0 Å². The molecule has 0 radical (unpaired) electrons. The van der Waals surface area contributed by atoms with Crippen molar-refractivity contribution in [3.63, 3.8) is 0 Å². The summed E-state index contributed by atoms with van der Waals surface area (Å²) in [5, 5.41) is 1.80. The lowest BCUT2D eigenvalue weighted by atomic mass is 10.3. The molecular weight excluding hydrogens is 340 g/mol. The van der Waals surface area contributed by atoms with Crippen LogP contribution < -0.4 is 9.46 Å². The number of aromatic nitrogens is 1. The van der Waals surface area contributed by atoms with E-state index in [0.717, 1.165) is 11.3 Å². The molecule has 0 aliphatic rings. The molecule has 1 N–H and O–H groups in total. The first-order valence-electron chi connectivity index (χ1n) is 6.71. The van der Waals surface area contributed by atoms with Crippen LogP contribution in [0, 0.1) is 0 Å². The number of carbonyl (C=O) groups excluding carboxylic acids is 1. The standard InChI is InChI=1S/C14H16N2O5S2/c1-3-21-13(17)7-10-9-22-14(15-10)16-23(18,19)12-6-4-5-11(8-12)20-2/h4-6,8-9H,3,7H2,1-2H3,(H,15,16). The van der Waals surface area contributed by atoms with E-state index in [2.05, 4.69) is 9.71 Å². The zero-order chi connectivity index (χ0) is 16.9. The van der Waals surface area contributed by atoms with Gasteiger partial charge in [0, 0.05) is 11.4 Å². The number of anilines is 1. The van der Waals surface area contributed by atoms with Crippen LogP contribution in [-0.4, -0.2) is 33.1 Å². The maximum Gasteiger partial charge on any atom is 0.311 e. The van der Waals surface area contributed by atoms with Crippen LogP contribution in [-0.2, 0) is 26.0 Å². The average molecular weight is 356 g/mol. The molecule has 9 heteroatoms. The summed E-state index contributed by atoms with van der Waals surface area (Å²) in [5.41, 5.74) is 0.455. The molecule has 0 aliphatic carbocycles. The second-order valence-corrected chi connectivity index (χ2v) is 6.95. The van der Waals surface area contributed by atoms with Gasteiger partial charge in [0.1, 0.15) is 5.75 Å². The molecular formula is C14H16N2O5S2. The first kappa shape index (κ1) is 17.2. The molecule has 2 rings (SSSR count). The summed E-state index contributed by atoms with van der Waals surface area (Å²) >= 11 is 1.10. The third-order valence-corrected chi connectivity index (χ3v) is 5.03. The minimum absolute atomic E-state index is 0.00519. The van der Waals surface area contributed by atoms with Crippen molar-refractivity contribution in [2.45, 2.75) is 18.2 Å². The smallest absolute Gasteiger partial charge is 0.311 e. The van der Waals surface area contributed by atoms with Gasteiger partial charge in [-0.2, -0.15) is 0 Å². The minimum Gasteiger partial charge on any atom is -0.497 e. The Morgan fingerprint density at radius 1 is 1.39 bits per heavy atom. The highest BCUT2D eigenvalue weighted by atomic mass is 32.2. The van der Waals surface area contributed by atoms with E-state index in [4.69, 9.17) is 9.47 Å². The summed E-state index contributed by atoms with van der Waals surface area (Å²) in [6, 6.07) is 6.11. The van der Waals surface area contributed by atoms with E-state index in [1.165, 1.54) is 19.2 Å². The number of sulfonamides is 1. The third-order valence-electron chi connectivity index (χ3n) is 2.76. The monoisotopic (exact) mass is 356 g/mol. The molecule has 0 aliphatic heterocycles. The van der Waals surface area contributed by atoms with Crippen molar-refractivity contribution >= 4 is 32.5 Å². The highest BCUT2D eigenvalue weighted by Gasteiger charge is 2.17. The van der Waals surface area contributed by atoms with Crippen LogP contribution in [0.15, 0.2) is 34.5 Å². The Labute approximate surface area is 138 Å². The number of ether oxygens (including phenoxy) is 2. The number of nitrogens with zero attached hydrogens (tertiary/aromatic N) is 1. The zero-order valence-corrected chi connectivity index (χ0v) is 14.2. The molecule has 1 heterocycles. The van der Waals surface area contributed by atoms with Gasteiger partial charge in [-0.05, 0) is 19.1 Å². The van der Waals surface area contributed by atoms with E-state index in [1.54, 1.807) is 24.4 Å². The van der Waals surface area contributed by atoms with Gasteiger partial charge < -0.3 is 9.47 Å². The number of esters is 1. The second-order valence-electron chi connectivity index (χ2n) is 4.41. The molecule has 124 valence electrons. The molecule has 0 saturated heterocycles. The van der Waals surface area contributed by atoms with Crippen LogP contribution in [0.25, 0.3) is 0 Å². The third kappa shape index (κ3) is 4.67. The number of rotatable bonds is 7. The quantitative estimate of drug-likeness (QED) is 0.763. The highest BCUT2D eigenvalue weighted by molar-refractivity contribution is 7.93. The summed E-state index contributed by atoms with van der Waals surface area (Å²) in [6.45, 7) is 2.00. The number of nitrogens with one attached hydrogen (secondary N) is 1. The molecule has 0 bridgehead atoms. The maximum absolute atomic E-state index is 12.3. The van der Waals surface area contributed by atoms with Gasteiger partial charge in [-0.3, -0.25) is 9.52 Å². The Balaban J connectivity index is 2.11. The normalized spacial score (nSPS) is 11.0. The fourth-order valence-electron chi connectivity index (χ4n) is 1.74. The molecule has 0 atom stereocenters. The number of carbonyl (C=O) groups is 1. The number of benzene rings is 1. The summed E-state index contributed by atoms with van der Waals surface area (Å²) in [5.74, 6) is 0.0371. The van der Waals surface area contributed by atoms with Crippen LogP contribution >= 0.6 is 11.3 Å². The van der Waals surface area contributed by atoms with Gasteiger partial charge in [0.05, 0.1) is 30.7 Å². The summed E-state index contributed by atoms with van der Waals surface area (Å²) < 4.78 is 36.8. The van der Waals surface area contributed by atoms with Gasteiger partial charge in [0.25, 0.3) is 10.0 Å². The number of thiazole rings is 1. The van der Waals surface area contributed by atoms with Crippen LogP contribution in [0.4, 0.5) is 5.13 Å². The molecule has 0 fully saturated rings. The second kappa shape index (κ2) is 7.42. The van der Waals surface area contributed by atoms with Gasteiger partial charge in [-0.1, -0.05) is 6.07 Å². The predicted molar refractivity (Wildman–Crippen MR) is 86.3 cm³/mol. The van der Waals surface area contributed by atoms with Gasteiger partial charge >= 0.3 is 5.97 Å². The molecule has 0 unspecified atom stereocenters. The predicted octanol–water partition coefficient (Wildman–Crippen LogP) is 2.06. The van der Waals surface area contributed by atoms with E-state index in [9.17, 15) is 13.2 Å². The first-order valence-corrected chi connectivity index (χ1v) is 9.07. The van der Waals surface area contributed by atoms with Gasteiger partial charge in [-0.25, -0.2) is 13.4 Å². The van der Waals surface area contributed by atoms with Gasteiger partial charge in [-0.15, -0.1) is 11.3 Å². The van der Waals surface area contributed by atoms with Crippen molar-refractivity contribution in [2.75, 3.05) is 18.4 Å². The summed E-state index contributed by atoms with van der Waals surface area (Å²) in [4.78, 5) is 15.5. The van der Waals surface area contributed by atoms with Crippen LogP contribution in [0.1, 0.15) is 12.6 Å². The summed E-state index contributed by atoms with van der Waals surface area (Å²) in [6.07, 6.45) is 0.00519. The van der Waals surface area contributed by atoms with E-state index in [-0.39, 0.29) is 23.1 Å². The van der Waals surface area contributed by atoms with Crippen LogP contribution in [0.3, 0.4) is 0 Å². The van der Waals surface area contributed by atoms with E-state index < -0.39 is 16.0 Å². The van der Waals surface area contributed by atoms with Crippen LogP contribution in [0.5, 0.6) is 5.75 Å². The van der Waals surface area contributed by atoms with Crippen molar-refractivity contribution in [3.05, 3.63) is 35.3 Å². The molecule has 1 aromatic carbocycles. The Morgan fingerprint density at radius 3 is 2.87 bits per heavy atom. The lowest BCUT2D eigenvalue weighted by Gasteiger charge is -2.06. The van der Waals surface area contributed by atoms with E-state index in [1.807, 2.05) is 0 Å². The Hall–Kier alpha value is -2.13. The molecule has 23 heavy (non-hydrogen) atoms. The maximum atomic E-state index is 12.3. The van der Waals surface area contributed by atoms with Gasteiger partial charge in [0.2, 0.25) is 0 Å². The molecule has 1 aromatic heterocycles. The van der Waals surface area contributed by atoms with Crippen LogP contribution in [0.2, 0.25) is 0 Å². The average Bonchev–Trinajstić information content (AvgIpc) is 2.93. The van der Waals surface area contributed by atoms with Crippen molar-refractivity contribution in [1.29, 1.82) is 0 Å². The van der Waals surface area contributed by atoms with Crippen molar-refractivity contribution in [2.24, 2.45) is 0 Å². The largest absolute Gasteiger partial charge is 0.497 e. The number of hydrogen-bond acceptors (Lipinski definition) is 7. The first-order chi connectivity index (χ1) is 10.9. The molecule has 0 saturated carbocycles. The lowest BCUT2D eigenvalue weighted by Crippen LogP contribution is -2.13. The van der Waals surface area contributed by atoms with Crippen molar-refractivity contribution < 1.29 is 22.7 Å². The van der Waals surface area contributed by atoms with E-state index in [0.29, 0.717) is 11.4 Å². The Bertz CT molecular complexity index is 786. The molecule has 0 spiro atoms. The summed E-state index contributed by atoms with van der Waals surface area (Å²) in [7, 11) is -2.31. The molecule has 2 aromatic rings. The molecule has 0 amide bonds. The minimum atomic E-state index is -3.77. The number of methoxy groups -OCH3 is 1. The van der Waals surface area contributed by atoms with Crippen molar-refractivity contribution in [1.82, 2.24) is 4.98 Å². The van der Waals surface area contributed by atoms with Crippen molar-refractivity contribution in [3.8, 4) is 5.75 Å². The highest BCUT2D eigenvalue weighted by Crippen LogP contribution is 2.22. The lowest BCUT2D eigenvalue weighted by molar-refractivity contribution is -0.142. The topological polar surface area (TPSA) is 94.6 Å². The number of hydrogen-bond donors (Lipinski definition) is 1. The fourth-order valence-corrected chi connectivity index (χ4v) is 3.73. The van der Waals surface area contributed by atoms with Gasteiger partial charge in [0.15, 0.2) is 5.13 Å². The SMILES string of the molecule is CCOC(=O)Cc1csc(NS(=O)(=O)c2cccc(OC)c2)n1. The fraction of sp³-hybridized carbons (Fsp3) is 0.286. The molecule has 7 nitrogen and oxygen atoms in total. The Kier molecular flexibility index (Phi) is 5.56. The Morgan fingerprint density at radius 2 is 2.17 bits per heavy atom.